The minimum Gasteiger partial charge on any atom is -0.322 e. The fourth-order valence-electron chi connectivity index (χ4n) is 1.59. The molecule has 0 spiro atoms. The lowest BCUT2D eigenvalue weighted by molar-refractivity contribution is 0.102. The summed E-state index contributed by atoms with van der Waals surface area (Å²) in [5.74, 6) is -0.336. The van der Waals surface area contributed by atoms with Crippen LogP contribution in [0.1, 0.15) is 38.1 Å². The molecule has 0 bridgehead atoms. The molecular weight excluding hydrogens is 310 g/mol. The Kier molecular flexibility index (Phi) is 9.58. The molecule has 0 aliphatic rings. The molecule has 23 heavy (non-hydrogen) atoms. The molecule has 126 valence electrons. The van der Waals surface area contributed by atoms with Crippen molar-refractivity contribution < 1.29 is 13.2 Å². The van der Waals surface area contributed by atoms with E-state index in [2.05, 4.69) is 5.32 Å². The third kappa shape index (κ3) is 7.10. The van der Waals surface area contributed by atoms with Crippen LogP contribution in [0.3, 0.4) is 0 Å². The van der Waals surface area contributed by atoms with Crippen LogP contribution in [0.25, 0.3) is 0 Å². The molecular formula is C18H25NO3S. The third-order valence-corrected chi connectivity index (χ3v) is 3.67. The molecule has 0 fully saturated rings. The van der Waals surface area contributed by atoms with Gasteiger partial charge < -0.3 is 5.32 Å². The van der Waals surface area contributed by atoms with Crippen LogP contribution < -0.4 is 5.32 Å². The van der Waals surface area contributed by atoms with E-state index in [0.29, 0.717) is 11.3 Å². The number of nitrogens with one attached hydrogen (secondary N) is 1. The smallest absolute Gasteiger partial charge is 0.255 e. The van der Waals surface area contributed by atoms with Gasteiger partial charge in [0.1, 0.15) is 0 Å². The quantitative estimate of drug-likeness (QED) is 0.904. The average Bonchev–Trinajstić information content (AvgIpc) is 2.59. The Balaban J connectivity index is 0.00000112. The predicted molar refractivity (Wildman–Crippen MR) is 96.6 cm³/mol. The van der Waals surface area contributed by atoms with Crippen molar-refractivity contribution in [2.45, 2.75) is 32.6 Å². The number of amides is 1. The molecule has 0 saturated carbocycles. The van der Waals surface area contributed by atoms with E-state index in [1.165, 1.54) is 12.1 Å². The van der Waals surface area contributed by atoms with Gasteiger partial charge in [0.25, 0.3) is 5.91 Å². The first-order valence-corrected chi connectivity index (χ1v) is 9.52. The Morgan fingerprint density at radius 3 is 1.96 bits per heavy atom. The molecule has 1 amide bonds. The number of carbonyl (C=O) groups excluding carboxylic acids is 1. The highest BCUT2D eigenvalue weighted by molar-refractivity contribution is 7.90. The number of para-hydroxylation sites is 1. The maximum absolute atomic E-state index is 12.0. The highest BCUT2D eigenvalue weighted by Crippen LogP contribution is 2.13. The molecule has 0 atom stereocenters. The van der Waals surface area contributed by atoms with Gasteiger partial charge >= 0.3 is 0 Å². The van der Waals surface area contributed by atoms with E-state index in [9.17, 15) is 13.2 Å². The van der Waals surface area contributed by atoms with Gasteiger partial charge in [-0.3, -0.25) is 4.79 Å². The summed E-state index contributed by atoms with van der Waals surface area (Å²) in [6.07, 6.45) is 1.11. The number of benzene rings is 2. The van der Waals surface area contributed by atoms with Gasteiger partial charge in [0.05, 0.1) is 4.90 Å². The molecule has 0 heterocycles. The van der Waals surface area contributed by atoms with Crippen molar-refractivity contribution in [2.75, 3.05) is 11.6 Å². The number of carbonyl (C=O) groups is 1. The molecule has 2 rings (SSSR count). The zero-order chi connectivity index (χ0) is 17.9. The monoisotopic (exact) mass is 335 g/mol. The van der Waals surface area contributed by atoms with Gasteiger partial charge in [0.2, 0.25) is 0 Å². The van der Waals surface area contributed by atoms with Gasteiger partial charge in [0.15, 0.2) is 9.84 Å². The molecule has 1 N–H and O–H groups in total. The fraction of sp³-hybridized carbons (Fsp3) is 0.278. The van der Waals surface area contributed by atoms with Gasteiger partial charge in [-0.15, -0.1) is 0 Å². The summed E-state index contributed by atoms with van der Waals surface area (Å²) < 4.78 is 22.9. The molecule has 0 radical (unpaired) electrons. The van der Waals surface area contributed by atoms with Crippen molar-refractivity contribution in [3.8, 4) is 0 Å². The second-order valence-corrected chi connectivity index (χ2v) is 6.14. The molecule has 4 nitrogen and oxygen atoms in total. The maximum atomic E-state index is 12.0. The lowest BCUT2D eigenvalue weighted by Crippen LogP contribution is -2.12. The number of hydrogen-bond donors (Lipinski definition) is 1. The van der Waals surface area contributed by atoms with Gasteiger partial charge in [-0.25, -0.2) is 8.42 Å². The van der Waals surface area contributed by atoms with Crippen LogP contribution in [0.2, 0.25) is 0 Å². The molecule has 5 heteroatoms. The van der Waals surface area contributed by atoms with Crippen LogP contribution in [0.4, 0.5) is 5.69 Å². The minimum atomic E-state index is -3.31. The highest BCUT2D eigenvalue weighted by Gasteiger charge is 2.11. The predicted octanol–water partition coefficient (Wildman–Crippen LogP) is 4.39. The summed E-state index contributed by atoms with van der Waals surface area (Å²) in [7, 11) is -3.31. The van der Waals surface area contributed by atoms with E-state index in [0.717, 1.165) is 6.26 Å². The Labute approximate surface area is 139 Å². The molecule has 2 aromatic carbocycles. The summed E-state index contributed by atoms with van der Waals surface area (Å²) in [6, 6.07) is 15.0. The van der Waals surface area contributed by atoms with E-state index in [-0.39, 0.29) is 10.8 Å². The van der Waals surface area contributed by atoms with Crippen molar-refractivity contribution in [3.05, 3.63) is 60.2 Å². The van der Waals surface area contributed by atoms with Crippen LogP contribution in [-0.2, 0) is 9.84 Å². The Hall–Kier alpha value is -2.14. The normalized spacial score (nSPS) is 9.61. The zero-order valence-corrected chi connectivity index (χ0v) is 15.1. The summed E-state index contributed by atoms with van der Waals surface area (Å²) in [4.78, 5) is 12.1. The van der Waals surface area contributed by atoms with Crippen LogP contribution in [0, 0.1) is 0 Å². The number of rotatable bonds is 3. The summed E-state index contributed by atoms with van der Waals surface area (Å²) in [6.45, 7) is 8.00. The van der Waals surface area contributed by atoms with Gasteiger partial charge in [-0.1, -0.05) is 52.0 Å². The lowest BCUT2D eigenvalue weighted by atomic mass is 10.2. The number of sulfone groups is 1. The van der Waals surface area contributed by atoms with E-state index < -0.39 is 9.84 Å². The summed E-state index contributed by atoms with van der Waals surface area (Å²) in [5, 5.41) is 2.70. The second-order valence-electron chi connectivity index (χ2n) is 4.12. The van der Waals surface area contributed by atoms with Crippen molar-refractivity contribution in [2.24, 2.45) is 0 Å². The molecule has 0 aliphatic heterocycles. The first kappa shape index (κ1) is 20.9. The lowest BCUT2D eigenvalue weighted by Gasteiger charge is -2.06. The second kappa shape index (κ2) is 10.6. The van der Waals surface area contributed by atoms with Gasteiger partial charge in [-0.05, 0) is 30.3 Å². The molecule has 0 unspecified atom stereocenters. The van der Waals surface area contributed by atoms with E-state index in [4.69, 9.17) is 0 Å². The van der Waals surface area contributed by atoms with Crippen LogP contribution in [-0.4, -0.2) is 20.6 Å². The SMILES string of the molecule is CC.CC.CS(=O)(=O)c1cccc(C(=O)Nc2ccccc2)c1. The topological polar surface area (TPSA) is 63.2 Å². The standard InChI is InChI=1S/C14H13NO3S.2C2H6/c1-19(17,18)13-9-5-6-11(10-13)14(16)15-12-7-3-2-4-8-12;2*1-2/h2-10H,1H3,(H,15,16);2*1-2H3. The first-order valence-electron chi connectivity index (χ1n) is 7.63. The summed E-state index contributed by atoms with van der Waals surface area (Å²) >= 11 is 0. The van der Waals surface area contributed by atoms with E-state index in [1.807, 2.05) is 45.9 Å². The molecule has 0 aliphatic carbocycles. The van der Waals surface area contributed by atoms with Gasteiger partial charge in [-0.2, -0.15) is 0 Å². The zero-order valence-electron chi connectivity index (χ0n) is 14.3. The van der Waals surface area contributed by atoms with Crippen LogP contribution in [0.5, 0.6) is 0 Å². The molecule has 0 aromatic heterocycles. The van der Waals surface area contributed by atoms with Crippen molar-refractivity contribution in [1.29, 1.82) is 0 Å². The van der Waals surface area contributed by atoms with Crippen LogP contribution in [0.15, 0.2) is 59.5 Å². The Morgan fingerprint density at radius 1 is 0.870 bits per heavy atom. The fourth-order valence-corrected chi connectivity index (χ4v) is 2.26. The molecule has 2 aromatic rings. The number of hydrogen-bond acceptors (Lipinski definition) is 3. The van der Waals surface area contributed by atoms with Crippen LogP contribution >= 0.6 is 0 Å². The largest absolute Gasteiger partial charge is 0.322 e. The van der Waals surface area contributed by atoms with Crippen molar-refractivity contribution in [1.82, 2.24) is 0 Å². The summed E-state index contributed by atoms with van der Waals surface area (Å²) in [5.41, 5.74) is 0.976. The Morgan fingerprint density at radius 2 is 1.43 bits per heavy atom. The van der Waals surface area contributed by atoms with Crippen molar-refractivity contribution >= 4 is 21.4 Å². The number of anilines is 1. The average molecular weight is 335 g/mol. The minimum absolute atomic E-state index is 0.133. The van der Waals surface area contributed by atoms with E-state index >= 15 is 0 Å². The van der Waals surface area contributed by atoms with E-state index in [1.54, 1.807) is 24.3 Å². The van der Waals surface area contributed by atoms with Gasteiger partial charge in [0, 0.05) is 17.5 Å². The maximum Gasteiger partial charge on any atom is 0.255 e. The van der Waals surface area contributed by atoms with Crippen molar-refractivity contribution in [3.63, 3.8) is 0 Å². The first-order chi connectivity index (χ1) is 11.0. The highest BCUT2D eigenvalue weighted by atomic mass is 32.2. The molecule has 0 saturated heterocycles. The third-order valence-electron chi connectivity index (χ3n) is 2.56. The Bertz CT molecular complexity index is 695.